The summed E-state index contributed by atoms with van der Waals surface area (Å²) < 4.78 is 5.45. The summed E-state index contributed by atoms with van der Waals surface area (Å²) in [7, 11) is 0. The monoisotopic (exact) mass is 276 g/mol. The van der Waals surface area contributed by atoms with Gasteiger partial charge in [-0.1, -0.05) is 18.2 Å². The molecule has 2 amide bonds. The number of amides is 2. The summed E-state index contributed by atoms with van der Waals surface area (Å²) in [4.78, 5) is 22.8. The lowest BCUT2D eigenvalue weighted by molar-refractivity contribution is -0.123. The van der Waals surface area contributed by atoms with Gasteiger partial charge >= 0.3 is 0 Å². The molecule has 0 bridgehead atoms. The predicted molar refractivity (Wildman–Crippen MR) is 78.3 cm³/mol. The predicted octanol–water partition coefficient (Wildman–Crippen LogP) is 1.35. The van der Waals surface area contributed by atoms with Crippen molar-refractivity contribution >= 4 is 17.9 Å². The molecular formula is C15H20N2O3. The van der Waals surface area contributed by atoms with Gasteiger partial charge in [0.1, 0.15) is 5.75 Å². The van der Waals surface area contributed by atoms with E-state index in [9.17, 15) is 9.59 Å². The van der Waals surface area contributed by atoms with Crippen LogP contribution in [0.25, 0.3) is 6.08 Å². The molecule has 0 saturated carbocycles. The minimum absolute atomic E-state index is 0.0237. The van der Waals surface area contributed by atoms with E-state index in [0.29, 0.717) is 13.2 Å². The zero-order valence-corrected chi connectivity index (χ0v) is 11.8. The van der Waals surface area contributed by atoms with E-state index < -0.39 is 0 Å². The lowest BCUT2D eigenvalue weighted by atomic mass is 10.2. The van der Waals surface area contributed by atoms with Gasteiger partial charge in [-0.3, -0.25) is 9.59 Å². The number of benzene rings is 1. The number of hydrogen-bond donors (Lipinski definition) is 2. The maximum Gasteiger partial charge on any atom is 0.244 e. The highest BCUT2D eigenvalue weighted by Crippen LogP contribution is 2.19. The maximum absolute atomic E-state index is 11.6. The number of likely N-dealkylation sites (N-methyl/N-ethyl adjacent to an activating group) is 1. The molecular weight excluding hydrogens is 256 g/mol. The summed E-state index contributed by atoms with van der Waals surface area (Å²) in [6.45, 7) is 4.81. The van der Waals surface area contributed by atoms with E-state index in [2.05, 4.69) is 10.6 Å². The number of para-hydroxylation sites is 1. The Kier molecular flexibility index (Phi) is 6.89. The zero-order valence-electron chi connectivity index (χ0n) is 11.8. The second-order valence-electron chi connectivity index (χ2n) is 3.98. The van der Waals surface area contributed by atoms with E-state index in [4.69, 9.17) is 4.74 Å². The van der Waals surface area contributed by atoms with Gasteiger partial charge < -0.3 is 15.4 Å². The molecule has 0 aliphatic heterocycles. The third-order valence-corrected chi connectivity index (χ3v) is 2.43. The number of carbonyl (C=O) groups excluding carboxylic acids is 2. The highest BCUT2D eigenvalue weighted by atomic mass is 16.5. The van der Waals surface area contributed by atoms with Crippen LogP contribution in [-0.2, 0) is 9.59 Å². The highest BCUT2D eigenvalue weighted by molar-refractivity contribution is 5.94. The molecule has 20 heavy (non-hydrogen) atoms. The maximum atomic E-state index is 11.6. The molecule has 0 aliphatic rings. The van der Waals surface area contributed by atoms with Crippen molar-refractivity contribution < 1.29 is 14.3 Å². The molecule has 5 heteroatoms. The van der Waals surface area contributed by atoms with Gasteiger partial charge in [0, 0.05) is 18.2 Å². The molecule has 0 unspecified atom stereocenters. The van der Waals surface area contributed by atoms with Crippen LogP contribution in [0.1, 0.15) is 19.4 Å². The molecule has 0 saturated heterocycles. The van der Waals surface area contributed by atoms with Crippen LogP contribution in [0.4, 0.5) is 0 Å². The summed E-state index contributed by atoms with van der Waals surface area (Å²) in [5.74, 6) is 0.203. The van der Waals surface area contributed by atoms with Crippen LogP contribution in [0.3, 0.4) is 0 Å². The van der Waals surface area contributed by atoms with Gasteiger partial charge in [-0.25, -0.2) is 0 Å². The minimum Gasteiger partial charge on any atom is -0.493 e. The first kappa shape index (κ1) is 15.8. The average molecular weight is 276 g/mol. The molecule has 0 heterocycles. The fraction of sp³-hybridized carbons (Fsp3) is 0.333. The van der Waals surface area contributed by atoms with Crippen molar-refractivity contribution in [2.24, 2.45) is 0 Å². The second-order valence-corrected chi connectivity index (χ2v) is 3.98. The first-order chi connectivity index (χ1) is 9.67. The lowest BCUT2D eigenvalue weighted by Crippen LogP contribution is -2.35. The van der Waals surface area contributed by atoms with Gasteiger partial charge in [0.05, 0.1) is 13.2 Å². The van der Waals surface area contributed by atoms with Gasteiger partial charge in [0.2, 0.25) is 11.8 Å². The zero-order chi connectivity index (χ0) is 14.8. The summed E-state index contributed by atoms with van der Waals surface area (Å²) in [6, 6.07) is 7.45. The normalized spacial score (nSPS) is 10.3. The Balaban J connectivity index is 2.55. The largest absolute Gasteiger partial charge is 0.493 e. The van der Waals surface area contributed by atoms with Gasteiger partial charge in [-0.15, -0.1) is 0 Å². The van der Waals surface area contributed by atoms with Crippen molar-refractivity contribution in [3.63, 3.8) is 0 Å². The first-order valence-corrected chi connectivity index (χ1v) is 6.61. The summed E-state index contributed by atoms with van der Waals surface area (Å²) in [5.41, 5.74) is 0.822. The molecule has 2 N–H and O–H groups in total. The quantitative estimate of drug-likeness (QED) is 0.739. The van der Waals surface area contributed by atoms with Crippen molar-refractivity contribution in [2.75, 3.05) is 19.7 Å². The van der Waals surface area contributed by atoms with Crippen molar-refractivity contribution in [3.8, 4) is 5.75 Å². The molecule has 0 radical (unpaired) electrons. The van der Waals surface area contributed by atoms with Crippen LogP contribution in [0.15, 0.2) is 30.3 Å². The van der Waals surface area contributed by atoms with E-state index >= 15 is 0 Å². The summed E-state index contributed by atoms with van der Waals surface area (Å²) >= 11 is 0. The van der Waals surface area contributed by atoms with Gasteiger partial charge in [0.15, 0.2) is 0 Å². The molecule has 1 aromatic rings. The average Bonchev–Trinajstić information content (AvgIpc) is 2.45. The third kappa shape index (κ3) is 5.56. The van der Waals surface area contributed by atoms with E-state index in [1.165, 1.54) is 6.08 Å². The molecule has 1 aromatic carbocycles. The second kappa shape index (κ2) is 8.74. The standard InChI is InChI=1S/C15H20N2O3/c1-3-16-15(19)11-17-14(18)10-9-12-7-5-6-8-13(12)20-4-2/h5-10H,3-4,11H2,1-2H3,(H,16,19)(H,17,18)/b10-9+. The fourth-order valence-corrected chi connectivity index (χ4v) is 1.56. The molecule has 0 aliphatic carbocycles. The number of nitrogens with one attached hydrogen (secondary N) is 2. The third-order valence-electron chi connectivity index (χ3n) is 2.43. The van der Waals surface area contributed by atoms with Crippen molar-refractivity contribution in [2.45, 2.75) is 13.8 Å². The smallest absolute Gasteiger partial charge is 0.244 e. The van der Waals surface area contributed by atoms with Crippen molar-refractivity contribution in [1.82, 2.24) is 10.6 Å². The SMILES string of the molecule is CCNC(=O)CNC(=O)/C=C/c1ccccc1OCC. The van der Waals surface area contributed by atoms with Crippen molar-refractivity contribution in [3.05, 3.63) is 35.9 Å². The minimum atomic E-state index is -0.317. The van der Waals surface area contributed by atoms with Gasteiger partial charge in [0.25, 0.3) is 0 Å². The van der Waals surface area contributed by atoms with E-state index in [1.54, 1.807) is 6.08 Å². The van der Waals surface area contributed by atoms with Gasteiger partial charge in [-0.2, -0.15) is 0 Å². The lowest BCUT2D eigenvalue weighted by Gasteiger charge is -2.06. The van der Waals surface area contributed by atoms with Crippen LogP contribution in [0, 0.1) is 0 Å². The number of ether oxygens (including phenoxy) is 1. The molecule has 108 valence electrons. The first-order valence-electron chi connectivity index (χ1n) is 6.61. The highest BCUT2D eigenvalue weighted by Gasteiger charge is 2.02. The molecule has 1 rings (SSSR count). The molecule has 0 atom stereocenters. The Labute approximate surface area is 119 Å². The van der Waals surface area contributed by atoms with Crippen LogP contribution < -0.4 is 15.4 Å². The van der Waals surface area contributed by atoms with E-state index in [1.807, 2.05) is 38.1 Å². The van der Waals surface area contributed by atoms with Crippen LogP contribution in [0.2, 0.25) is 0 Å². The summed E-state index contributed by atoms with van der Waals surface area (Å²) in [6.07, 6.45) is 3.05. The van der Waals surface area contributed by atoms with Gasteiger partial charge in [-0.05, 0) is 26.0 Å². The van der Waals surface area contributed by atoms with Crippen LogP contribution in [0.5, 0.6) is 5.75 Å². The summed E-state index contributed by atoms with van der Waals surface area (Å²) in [5, 5.41) is 5.11. The topological polar surface area (TPSA) is 67.4 Å². The Morgan fingerprint density at radius 1 is 1.20 bits per heavy atom. The molecule has 0 aromatic heterocycles. The van der Waals surface area contributed by atoms with Crippen LogP contribution in [-0.4, -0.2) is 31.5 Å². The Hall–Kier alpha value is -2.30. The number of carbonyl (C=O) groups is 2. The van der Waals surface area contributed by atoms with E-state index in [-0.39, 0.29) is 18.4 Å². The Bertz CT molecular complexity index is 484. The Morgan fingerprint density at radius 3 is 2.65 bits per heavy atom. The van der Waals surface area contributed by atoms with Crippen molar-refractivity contribution in [1.29, 1.82) is 0 Å². The van der Waals surface area contributed by atoms with Crippen LogP contribution >= 0.6 is 0 Å². The number of hydrogen-bond acceptors (Lipinski definition) is 3. The fourth-order valence-electron chi connectivity index (χ4n) is 1.56. The Morgan fingerprint density at radius 2 is 1.95 bits per heavy atom. The molecule has 0 spiro atoms. The molecule has 0 fully saturated rings. The van der Waals surface area contributed by atoms with E-state index in [0.717, 1.165) is 11.3 Å². The number of rotatable bonds is 7. The molecule has 5 nitrogen and oxygen atoms in total.